The maximum Gasteiger partial charge on any atom is 0.224 e. The number of thiophene rings is 1. The van der Waals surface area contributed by atoms with Crippen molar-refractivity contribution < 1.29 is 4.79 Å². The fraction of sp³-hybridized carbons (Fsp3) is 0.0800. The minimum atomic E-state index is -0.0483. The highest BCUT2D eigenvalue weighted by Crippen LogP contribution is 2.34. The van der Waals surface area contributed by atoms with E-state index < -0.39 is 0 Å². The molecule has 0 radical (unpaired) electrons. The van der Waals surface area contributed by atoms with Gasteiger partial charge in [0.25, 0.3) is 0 Å². The number of hydrogen-bond acceptors (Lipinski definition) is 6. The summed E-state index contributed by atoms with van der Waals surface area (Å²) in [4.78, 5) is 29.8. The minimum absolute atomic E-state index is 0.0483. The SMILES string of the molecule is CCC(=O)Nc1cncc(-c2ccc3[nH]nc(-c4nc5c(-c6cccs6)cncc5[nH]4)c3c2)c1. The highest BCUT2D eigenvalue weighted by atomic mass is 32.1. The number of carbonyl (C=O) groups is 1. The van der Waals surface area contributed by atoms with Crippen LogP contribution in [-0.4, -0.2) is 36.0 Å². The first-order chi connectivity index (χ1) is 16.7. The highest BCUT2D eigenvalue weighted by Gasteiger charge is 2.16. The molecule has 0 aliphatic carbocycles. The maximum atomic E-state index is 11.8. The molecule has 0 aliphatic heterocycles. The van der Waals surface area contributed by atoms with E-state index in [1.807, 2.05) is 42.8 Å². The van der Waals surface area contributed by atoms with Gasteiger partial charge in [-0.3, -0.25) is 19.9 Å². The van der Waals surface area contributed by atoms with E-state index in [0.717, 1.165) is 49.2 Å². The van der Waals surface area contributed by atoms with E-state index in [4.69, 9.17) is 4.98 Å². The smallest absolute Gasteiger partial charge is 0.224 e. The van der Waals surface area contributed by atoms with Crippen molar-refractivity contribution in [2.75, 3.05) is 5.32 Å². The van der Waals surface area contributed by atoms with Crippen molar-refractivity contribution in [2.24, 2.45) is 0 Å². The molecule has 0 bridgehead atoms. The van der Waals surface area contributed by atoms with Gasteiger partial charge in [0, 0.05) is 40.2 Å². The summed E-state index contributed by atoms with van der Waals surface area (Å²) in [6.45, 7) is 1.82. The third-order valence-electron chi connectivity index (χ3n) is 5.64. The molecule has 3 N–H and O–H groups in total. The number of H-pyrrole nitrogens is 2. The molecule has 0 saturated heterocycles. The van der Waals surface area contributed by atoms with Crippen LogP contribution in [0.25, 0.3) is 55.0 Å². The van der Waals surface area contributed by atoms with Gasteiger partial charge in [-0.15, -0.1) is 11.3 Å². The van der Waals surface area contributed by atoms with Crippen LogP contribution < -0.4 is 5.32 Å². The Labute approximate surface area is 198 Å². The molecule has 5 aromatic heterocycles. The lowest BCUT2D eigenvalue weighted by atomic mass is 10.0. The topological polar surface area (TPSA) is 112 Å². The second-order valence-electron chi connectivity index (χ2n) is 7.84. The Hall–Kier alpha value is -4.37. The summed E-state index contributed by atoms with van der Waals surface area (Å²) in [7, 11) is 0. The number of pyridine rings is 2. The summed E-state index contributed by atoms with van der Waals surface area (Å²) >= 11 is 1.66. The summed E-state index contributed by atoms with van der Waals surface area (Å²) in [5.41, 5.74) is 6.88. The predicted octanol–water partition coefficient (Wildman–Crippen LogP) is 5.64. The molecule has 0 saturated carbocycles. The van der Waals surface area contributed by atoms with Gasteiger partial charge in [-0.1, -0.05) is 19.1 Å². The Morgan fingerprint density at radius 2 is 1.94 bits per heavy atom. The van der Waals surface area contributed by atoms with E-state index in [1.54, 1.807) is 29.9 Å². The second kappa shape index (κ2) is 8.20. The zero-order valence-corrected chi connectivity index (χ0v) is 19.0. The molecule has 0 fully saturated rings. The maximum absolute atomic E-state index is 11.8. The van der Waals surface area contributed by atoms with E-state index in [9.17, 15) is 4.79 Å². The van der Waals surface area contributed by atoms with Crippen molar-refractivity contribution in [2.45, 2.75) is 13.3 Å². The van der Waals surface area contributed by atoms with Crippen LogP contribution in [0.4, 0.5) is 5.69 Å². The first kappa shape index (κ1) is 20.3. The molecule has 34 heavy (non-hydrogen) atoms. The number of fused-ring (bicyclic) bond motifs is 2. The number of nitrogens with one attached hydrogen (secondary N) is 3. The summed E-state index contributed by atoms with van der Waals surface area (Å²) in [5, 5.41) is 13.5. The van der Waals surface area contributed by atoms with Crippen molar-refractivity contribution in [3.05, 3.63) is 66.6 Å². The Balaban J connectivity index is 1.43. The standard InChI is InChI=1S/C25H19N7OS/c1-2-22(33)28-16-8-15(10-26-11-16)14-5-6-19-17(9-14)24(32-31-19)25-29-20-13-27-12-18(23(20)30-25)21-4-3-7-34-21/h3-13H,2H2,1H3,(H,28,33)(H,29,30)(H,31,32). The van der Waals surface area contributed by atoms with Crippen LogP contribution in [0.5, 0.6) is 0 Å². The number of nitrogens with zero attached hydrogens (tertiary/aromatic N) is 4. The predicted molar refractivity (Wildman–Crippen MR) is 134 cm³/mol. The molecule has 6 aromatic rings. The average Bonchev–Trinajstić information content (AvgIpc) is 3.62. The molecule has 8 nitrogen and oxygen atoms in total. The molecule has 0 spiro atoms. The highest BCUT2D eigenvalue weighted by molar-refractivity contribution is 7.13. The number of hydrogen-bond donors (Lipinski definition) is 3. The largest absolute Gasteiger partial charge is 0.335 e. The lowest BCUT2D eigenvalue weighted by Gasteiger charge is -2.06. The lowest BCUT2D eigenvalue weighted by molar-refractivity contribution is -0.115. The Morgan fingerprint density at radius 3 is 2.79 bits per heavy atom. The zero-order valence-electron chi connectivity index (χ0n) is 18.2. The Bertz CT molecular complexity index is 1650. The summed E-state index contributed by atoms with van der Waals surface area (Å²) in [5.74, 6) is 0.624. The van der Waals surface area contributed by atoms with Gasteiger partial charge >= 0.3 is 0 Å². The summed E-state index contributed by atoms with van der Waals surface area (Å²) in [6.07, 6.45) is 7.47. The van der Waals surface area contributed by atoms with Crippen LogP contribution in [0, 0.1) is 0 Å². The van der Waals surface area contributed by atoms with Crippen molar-refractivity contribution in [3.8, 4) is 33.1 Å². The van der Waals surface area contributed by atoms with Crippen molar-refractivity contribution in [1.82, 2.24) is 30.1 Å². The number of amides is 1. The number of rotatable bonds is 5. The van der Waals surface area contributed by atoms with E-state index in [-0.39, 0.29) is 5.91 Å². The Morgan fingerprint density at radius 1 is 1.03 bits per heavy atom. The molecule has 1 aromatic carbocycles. The van der Waals surface area contributed by atoms with Gasteiger partial charge in [0.15, 0.2) is 5.82 Å². The normalized spacial score (nSPS) is 11.3. The van der Waals surface area contributed by atoms with Crippen LogP contribution in [-0.2, 0) is 4.79 Å². The number of benzene rings is 1. The van der Waals surface area contributed by atoms with Gasteiger partial charge in [-0.05, 0) is 35.2 Å². The van der Waals surface area contributed by atoms with Crippen molar-refractivity contribution in [3.63, 3.8) is 0 Å². The minimum Gasteiger partial charge on any atom is -0.335 e. The average molecular weight is 466 g/mol. The third-order valence-corrected chi connectivity index (χ3v) is 6.55. The van der Waals surface area contributed by atoms with Crippen molar-refractivity contribution >= 4 is 44.9 Å². The molecule has 166 valence electrons. The molecule has 0 atom stereocenters. The first-order valence-electron chi connectivity index (χ1n) is 10.8. The lowest BCUT2D eigenvalue weighted by Crippen LogP contribution is -2.09. The number of aromatic nitrogens is 6. The van der Waals surface area contributed by atoms with Crippen LogP contribution >= 0.6 is 11.3 Å². The molecule has 0 aliphatic rings. The monoisotopic (exact) mass is 465 g/mol. The van der Waals surface area contributed by atoms with Crippen LogP contribution in [0.2, 0.25) is 0 Å². The van der Waals surface area contributed by atoms with Crippen LogP contribution in [0.3, 0.4) is 0 Å². The van der Waals surface area contributed by atoms with Gasteiger partial charge in [0.05, 0.1) is 29.1 Å². The van der Waals surface area contributed by atoms with Gasteiger partial charge < -0.3 is 10.3 Å². The molecule has 9 heteroatoms. The van der Waals surface area contributed by atoms with E-state index >= 15 is 0 Å². The molecular weight excluding hydrogens is 446 g/mol. The fourth-order valence-corrected chi connectivity index (χ4v) is 4.68. The molecule has 1 amide bonds. The fourth-order valence-electron chi connectivity index (χ4n) is 3.95. The first-order valence-corrected chi connectivity index (χ1v) is 11.7. The summed E-state index contributed by atoms with van der Waals surface area (Å²) < 4.78 is 0. The summed E-state index contributed by atoms with van der Waals surface area (Å²) in [6, 6.07) is 12.1. The van der Waals surface area contributed by atoms with Gasteiger partial charge in [-0.25, -0.2) is 4.98 Å². The third kappa shape index (κ3) is 3.52. The van der Waals surface area contributed by atoms with E-state index in [1.165, 1.54) is 0 Å². The van der Waals surface area contributed by atoms with E-state index in [0.29, 0.717) is 17.9 Å². The quantitative estimate of drug-likeness (QED) is 0.305. The second-order valence-corrected chi connectivity index (χ2v) is 8.79. The molecule has 5 heterocycles. The molecule has 6 rings (SSSR count). The van der Waals surface area contributed by atoms with E-state index in [2.05, 4.69) is 42.6 Å². The van der Waals surface area contributed by atoms with Crippen molar-refractivity contribution in [1.29, 1.82) is 0 Å². The Kier molecular flexibility index (Phi) is 4.88. The number of imidazole rings is 1. The van der Waals surface area contributed by atoms with Gasteiger partial charge in [0.1, 0.15) is 11.2 Å². The number of carbonyl (C=O) groups excluding carboxylic acids is 1. The number of aromatic amines is 2. The van der Waals surface area contributed by atoms with Crippen LogP contribution in [0.1, 0.15) is 13.3 Å². The van der Waals surface area contributed by atoms with Gasteiger partial charge in [-0.2, -0.15) is 5.10 Å². The molecule has 0 unspecified atom stereocenters. The van der Waals surface area contributed by atoms with Gasteiger partial charge in [0.2, 0.25) is 5.91 Å². The van der Waals surface area contributed by atoms with Crippen LogP contribution in [0.15, 0.2) is 66.6 Å². The number of anilines is 1. The molecular formula is C25H19N7OS. The zero-order chi connectivity index (χ0) is 23.1.